The van der Waals surface area contributed by atoms with Gasteiger partial charge in [0.25, 0.3) is 0 Å². The Balaban J connectivity index is 1.54. The van der Waals surface area contributed by atoms with Gasteiger partial charge in [0.15, 0.2) is 11.5 Å². The van der Waals surface area contributed by atoms with Crippen molar-refractivity contribution < 1.29 is 22.7 Å². The van der Waals surface area contributed by atoms with Crippen molar-refractivity contribution >= 4 is 32.5 Å². The number of fused-ring (bicyclic) bond motifs is 2. The fraction of sp³-hybridized carbons (Fsp3) is 0.318. The zero-order valence-corrected chi connectivity index (χ0v) is 18.5. The van der Waals surface area contributed by atoms with E-state index in [9.17, 15) is 13.2 Å². The van der Waals surface area contributed by atoms with E-state index < -0.39 is 10.0 Å². The van der Waals surface area contributed by atoms with E-state index in [0.717, 1.165) is 34.7 Å². The molecule has 164 valence electrons. The van der Waals surface area contributed by atoms with Crippen molar-refractivity contribution in [2.24, 2.45) is 0 Å². The summed E-state index contributed by atoms with van der Waals surface area (Å²) in [4.78, 5) is 14.9. The highest BCUT2D eigenvalue weighted by Gasteiger charge is 2.23. The van der Waals surface area contributed by atoms with Gasteiger partial charge in [-0.25, -0.2) is 8.42 Å². The summed E-state index contributed by atoms with van der Waals surface area (Å²) in [6.07, 6.45) is 3.67. The number of sulfonamides is 1. The minimum Gasteiger partial charge on any atom is -0.493 e. The summed E-state index contributed by atoms with van der Waals surface area (Å²) in [5.74, 6) is 1.34. The maximum Gasteiger partial charge on any atom is 0.242 e. The number of nitrogens with zero attached hydrogens (tertiary/aromatic N) is 2. The van der Waals surface area contributed by atoms with E-state index in [4.69, 9.17) is 9.47 Å². The highest BCUT2D eigenvalue weighted by Crippen LogP contribution is 2.33. The average molecular weight is 444 g/mol. The predicted octanol–water partition coefficient (Wildman–Crippen LogP) is 2.61. The number of benzene rings is 2. The van der Waals surface area contributed by atoms with E-state index in [1.807, 2.05) is 39.9 Å². The lowest BCUT2D eigenvalue weighted by molar-refractivity contribution is -0.132. The topological polar surface area (TPSA) is 89.9 Å². The van der Waals surface area contributed by atoms with Crippen LogP contribution in [0.5, 0.6) is 11.5 Å². The molecule has 31 heavy (non-hydrogen) atoms. The van der Waals surface area contributed by atoms with Crippen LogP contribution in [-0.2, 0) is 34.3 Å². The molecule has 1 N–H and O–H groups in total. The zero-order chi connectivity index (χ0) is 22.2. The number of nitrogens with one attached hydrogen (secondary N) is 1. The number of methoxy groups -OCH3 is 2. The second-order valence-electron chi connectivity index (χ2n) is 7.60. The van der Waals surface area contributed by atoms with Gasteiger partial charge in [-0.3, -0.25) is 9.52 Å². The second-order valence-corrected chi connectivity index (χ2v) is 9.35. The summed E-state index contributed by atoms with van der Waals surface area (Å²) >= 11 is 0. The monoisotopic (exact) mass is 443 g/mol. The van der Waals surface area contributed by atoms with Crippen LogP contribution < -0.4 is 14.2 Å². The second kappa shape index (κ2) is 8.14. The number of amides is 1. The maximum atomic E-state index is 13.0. The number of ether oxygens (including phenoxy) is 2. The van der Waals surface area contributed by atoms with E-state index in [2.05, 4.69) is 4.72 Å². The van der Waals surface area contributed by atoms with Crippen LogP contribution in [0.3, 0.4) is 0 Å². The first-order valence-corrected chi connectivity index (χ1v) is 11.8. The van der Waals surface area contributed by atoms with Gasteiger partial charge in [0.2, 0.25) is 15.9 Å². The van der Waals surface area contributed by atoms with Crippen molar-refractivity contribution in [3.8, 4) is 11.5 Å². The Labute approximate surface area is 181 Å². The smallest absolute Gasteiger partial charge is 0.242 e. The van der Waals surface area contributed by atoms with Gasteiger partial charge in [-0.2, -0.15) is 0 Å². The molecule has 4 rings (SSSR count). The molecule has 9 heteroatoms. The van der Waals surface area contributed by atoms with E-state index in [-0.39, 0.29) is 12.5 Å². The molecule has 0 unspecified atom stereocenters. The van der Waals surface area contributed by atoms with Crippen LogP contribution in [0.1, 0.15) is 11.1 Å². The molecular weight excluding hydrogens is 418 g/mol. The maximum absolute atomic E-state index is 13.0. The lowest BCUT2D eigenvalue weighted by atomic mass is 9.98. The number of carbonyl (C=O) groups excluding carboxylic acids is 1. The average Bonchev–Trinajstić information content (AvgIpc) is 3.15. The number of hydrogen-bond donors (Lipinski definition) is 1. The minimum absolute atomic E-state index is 0.000546. The first-order valence-electron chi connectivity index (χ1n) is 9.86. The van der Waals surface area contributed by atoms with Gasteiger partial charge in [0.05, 0.1) is 31.7 Å². The van der Waals surface area contributed by atoms with Crippen LogP contribution in [-0.4, -0.2) is 50.8 Å². The lowest BCUT2D eigenvalue weighted by Gasteiger charge is -2.30. The fourth-order valence-electron chi connectivity index (χ4n) is 3.99. The number of carbonyl (C=O) groups is 1. The van der Waals surface area contributed by atoms with E-state index in [0.29, 0.717) is 30.3 Å². The van der Waals surface area contributed by atoms with Gasteiger partial charge >= 0.3 is 0 Å². The van der Waals surface area contributed by atoms with Crippen LogP contribution >= 0.6 is 0 Å². The minimum atomic E-state index is -3.39. The summed E-state index contributed by atoms with van der Waals surface area (Å²) in [5, 5.41) is 0.751. The summed E-state index contributed by atoms with van der Waals surface area (Å²) in [7, 11) is -0.183. The van der Waals surface area contributed by atoms with Crippen molar-refractivity contribution in [1.29, 1.82) is 0 Å². The Bertz CT molecular complexity index is 1250. The molecule has 2 aromatic carbocycles. The molecule has 3 aromatic rings. The Morgan fingerprint density at radius 3 is 2.48 bits per heavy atom. The van der Waals surface area contributed by atoms with E-state index in [1.54, 1.807) is 26.4 Å². The van der Waals surface area contributed by atoms with Crippen molar-refractivity contribution in [2.45, 2.75) is 19.5 Å². The molecular formula is C22H25N3O5S. The molecule has 0 bridgehead atoms. The third kappa shape index (κ3) is 4.32. The van der Waals surface area contributed by atoms with Gasteiger partial charge in [0.1, 0.15) is 6.54 Å². The predicted molar refractivity (Wildman–Crippen MR) is 119 cm³/mol. The highest BCUT2D eigenvalue weighted by molar-refractivity contribution is 7.92. The third-order valence-electron chi connectivity index (χ3n) is 5.49. The van der Waals surface area contributed by atoms with Crippen LogP contribution in [0.15, 0.2) is 42.6 Å². The summed E-state index contributed by atoms with van der Waals surface area (Å²) in [6, 6.07) is 11.1. The number of anilines is 1. The number of aromatic nitrogens is 1. The van der Waals surface area contributed by atoms with Crippen LogP contribution in [0.2, 0.25) is 0 Å². The number of hydrogen-bond acceptors (Lipinski definition) is 5. The molecule has 0 radical (unpaired) electrons. The van der Waals surface area contributed by atoms with Crippen molar-refractivity contribution in [3.63, 3.8) is 0 Å². The van der Waals surface area contributed by atoms with E-state index in [1.165, 1.54) is 0 Å². The van der Waals surface area contributed by atoms with Gasteiger partial charge < -0.3 is 18.9 Å². The zero-order valence-electron chi connectivity index (χ0n) is 17.7. The van der Waals surface area contributed by atoms with E-state index >= 15 is 0 Å². The Morgan fingerprint density at radius 2 is 1.81 bits per heavy atom. The van der Waals surface area contributed by atoms with Gasteiger partial charge in [0, 0.05) is 24.7 Å². The summed E-state index contributed by atoms with van der Waals surface area (Å²) in [5.41, 5.74) is 3.50. The van der Waals surface area contributed by atoms with Gasteiger partial charge in [-0.1, -0.05) is 6.07 Å². The first kappa shape index (κ1) is 21.0. The van der Waals surface area contributed by atoms with Gasteiger partial charge in [-0.05, 0) is 47.9 Å². The SMILES string of the molecule is COc1cc2c(cc1OC)CN(C(=O)Cn1ccc3c(NS(C)(=O)=O)cccc31)CC2. The Hall–Kier alpha value is -3.20. The van der Waals surface area contributed by atoms with Crippen molar-refractivity contribution in [2.75, 3.05) is 31.7 Å². The lowest BCUT2D eigenvalue weighted by Crippen LogP contribution is -2.37. The molecule has 0 fully saturated rings. The normalized spacial score (nSPS) is 13.7. The van der Waals surface area contributed by atoms with Crippen LogP contribution in [0, 0.1) is 0 Å². The molecule has 2 heterocycles. The van der Waals surface area contributed by atoms with Crippen molar-refractivity contribution in [1.82, 2.24) is 9.47 Å². The van der Waals surface area contributed by atoms with Crippen molar-refractivity contribution in [3.05, 3.63) is 53.7 Å². The molecule has 0 saturated heterocycles. The fourth-order valence-corrected chi connectivity index (χ4v) is 4.57. The summed E-state index contributed by atoms with van der Waals surface area (Å²) < 4.78 is 38.4. The first-order chi connectivity index (χ1) is 14.8. The molecule has 0 aliphatic carbocycles. The van der Waals surface area contributed by atoms with Crippen LogP contribution in [0.4, 0.5) is 5.69 Å². The molecule has 0 saturated carbocycles. The molecule has 1 aromatic heterocycles. The summed E-state index contributed by atoms with van der Waals surface area (Å²) in [6.45, 7) is 1.31. The molecule has 1 amide bonds. The largest absolute Gasteiger partial charge is 0.493 e. The number of rotatable bonds is 6. The molecule has 1 aliphatic rings. The van der Waals surface area contributed by atoms with Crippen LogP contribution in [0.25, 0.3) is 10.9 Å². The quantitative estimate of drug-likeness (QED) is 0.633. The Kier molecular flexibility index (Phi) is 5.53. The molecule has 0 atom stereocenters. The molecule has 8 nitrogen and oxygen atoms in total. The standard InChI is InChI=1S/C22H25N3O5S/c1-29-20-11-15-7-9-25(13-16(15)12-21(20)30-2)22(26)14-24-10-8-17-18(23-31(3,27)28)5-4-6-19(17)24/h4-6,8,10-12,23H,7,9,13-14H2,1-3H3. The van der Waals surface area contributed by atoms with Gasteiger partial charge in [-0.15, -0.1) is 0 Å². The highest BCUT2D eigenvalue weighted by atomic mass is 32.2. The molecule has 1 aliphatic heterocycles. The molecule has 0 spiro atoms. The third-order valence-corrected chi connectivity index (χ3v) is 6.08. The Morgan fingerprint density at radius 1 is 1.10 bits per heavy atom.